The van der Waals surface area contributed by atoms with Crippen LogP contribution in [0.15, 0.2) is 34.5 Å². The molecule has 5 heteroatoms. The Morgan fingerprint density at radius 1 is 1.30 bits per heavy atom. The summed E-state index contributed by atoms with van der Waals surface area (Å²) in [7, 11) is 0. The molecule has 0 fully saturated rings. The van der Waals surface area contributed by atoms with E-state index < -0.39 is 0 Å². The van der Waals surface area contributed by atoms with Gasteiger partial charge in [0.15, 0.2) is 0 Å². The Labute approximate surface area is 126 Å². The predicted octanol–water partition coefficient (Wildman–Crippen LogP) is 3.13. The van der Waals surface area contributed by atoms with Crippen LogP contribution in [0.2, 0.25) is 0 Å². The Hall–Kier alpha value is -1.30. The molecule has 1 aromatic carbocycles. The standard InChI is InChI=1S/C15H16N2OS2/c16-17-15(18)14-12(6-7-19-14)9-20-13-5-4-10-2-1-3-11(10)8-13/h4-8H,1-3,9,16H2,(H,17,18). The molecule has 0 unspecified atom stereocenters. The molecule has 1 aliphatic carbocycles. The second kappa shape index (κ2) is 5.99. The summed E-state index contributed by atoms with van der Waals surface area (Å²) in [5, 5.41) is 1.93. The number of aryl methyl sites for hydroxylation is 2. The summed E-state index contributed by atoms with van der Waals surface area (Å²) >= 11 is 3.20. The van der Waals surface area contributed by atoms with E-state index in [-0.39, 0.29) is 5.91 Å². The summed E-state index contributed by atoms with van der Waals surface area (Å²) in [6, 6.07) is 8.72. The molecule has 0 spiro atoms. The summed E-state index contributed by atoms with van der Waals surface area (Å²) in [5.74, 6) is 5.79. The third-order valence-electron chi connectivity index (χ3n) is 3.55. The van der Waals surface area contributed by atoms with Crippen LogP contribution in [0.25, 0.3) is 0 Å². The number of hydrogen-bond donors (Lipinski definition) is 2. The highest BCUT2D eigenvalue weighted by atomic mass is 32.2. The van der Waals surface area contributed by atoms with Crippen molar-refractivity contribution in [1.82, 2.24) is 5.43 Å². The van der Waals surface area contributed by atoms with Gasteiger partial charge in [0, 0.05) is 10.6 Å². The maximum atomic E-state index is 11.6. The van der Waals surface area contributed by atoms with Gasteiger partial charge in [-0.3, -0.25) is 10.2 Å². The molecule has 0 bridgehead atoms. The molecule has 1 aromatic heterocycles. The minimum Gasteiger partial charge on any atom is -0.289 e. The van der Waals surface area contributed by atoms with Crippen molar-refractivity contribution < 1.29 is 4.79 Å². The number of thioether (sulfide) groups is 1. The summed E-state index contributed by atoms with van der Waals surface area (Å²) in [6.07, 6.45) is 3.68. The molecule has 0 aliphatic heterocycles. The number of rotatable bonds is 4. The van der Waals surface area contributed by atoms with Crippen LogP contribution in [0.4, 0.5) is 0 Å². The zero-order valence-corrected chi connectivity index (χ0v) is 12.7. The number of hydrazine groups is 1. The predicted molar refractivity (Wildman–Crippen MR) is 84.0 cm³/mol. The largest absolute Gasteiger partial charge is 0.289 e. The number of amides is 1. The number of benzene rings is 1. The van der Waals surface area contributed by atoms with Gasteiger partial charge in [-0.25, -0.2) is 5.84 Å². The van der Waals surface area contributed by atoms with Crippen LogP contribution in [0.1, 0.15) is 32.8 Å². The third kappa shape index (κ3) is 2.75. The van der Waals surface area contributed by atoms with Crippen LogP contribution < -0.4 is 11.3 Å². The van der Waals surface area contributed by atoms with Gasteiger partial charge >= 0.3 is 0 Å². The zero-order valence-electron chi connectivity index (χ0n) is 11.0. The molecule has 0 atom stereocenters. The van der Waals surface area contributed by atoms with Gasteiger partial charge in [-0.05, 0) is 59.5 Å². The first kappa shape index (κ1) is 13.7. The summed E-state index contributed by atoms with van der Waals surface area (Å²) < 4.78 is 0. The van der Waals surface area contributed by atoms with Crippen LogP contribution in [0, 0.1) is 0 Å². The van der Waals surface area contributed by atoms with Crippen molar-refractivity contribution in [1.29, 1.82) is 0 Å². The maximum Gasteiger partial charge on any atom is 0.275 e. The van der Waals surface area contributed by atoms with Crippen molar-refractivity contribution in [3.8, 4) is 0 Å². The summed E-state index contributed by atoms with van der Waals surface area (Å²) in [6.45, 7) is 0. The van der Waals surface area contributed by atoms with Crippen LogP contribution >= 0.6 is 23.1 Å². The smallest absolute Gasteiger partial charge is 0.275 e. The van der Waals surface area contributed by atoms with E-state index in [1.54, 1.807) is 11.8 Å². The minimum absolute atomic E-state index is 0.204. The lowest BCUT2D eigenvalue weighted by molar-refractivity contribution is 0.0957. The van der Waals surface area contributed by atoms with E-state index in [0.29, 0.717) is 4.88 Å². The van der Waals surface area contributed by atoms with Crippen molar-refractivity contribution in [2.24, 2.45) is 5.84 Å². The molecule has 104 valence electrons. The molecular formula is C15H16N2OS2. The molecule has 2 aromatic rings. The van der Waals surface area contributed by atoms with Gasteiger partial charge in [-0.2, -0.15) is 0 Å². The number of carbonyl (C=O) groups excluding carboxylic acids is 1. The topological polar surface area (TPSA) is 55.1 Å². The summed E-state index contributed by atoms with van der Waals surface area (Å²) in [5.41, 5.74) is 6.23. The summed E-state index contributed by atoms with van der Waals surface area (Å²) in [4.78, 5) is 13.6. The monoisotopic (exact) mass is 304 g/mol. The van der Waals surface area contributed by atoms with E-state index in [9.17, 15) is 4.79 Å². The minimum atomic E-state index is -0.204. The number of fused-ring (bicyclic) bond motifs is 1. The molecule has 1 amide bonds. The van der Waals surface area contributed by atoms with Crippen LogP contribution in [0.3, 0.4) is 0 Å². The number of hydrogen-bond acceptors (Lipinski definition) is 4. The molecule has 20 heavy (non-hydrogen) atoms. The SMILES string of the molecule is NNC(=O)c1sccc1CSc1ccc2c(c1)CCC2. The highest BCUT2D eigenvalue weighted by Crippen LogP contribution is 2.31. The van der Waals surface area contributed by atoms with E-state index in [4.69, 9.17) is 5.84 Å². The van der Waals surface area contributed by atoms with Crippen molar-refractivity contribution in [3.05, 3.63) is 51.2 Å². The van der Waals surface area contributed by atoms with Crippen molar-refractivity contribution >= 4 is 29.0 Å². The van der Waals surface area contributed by atoms with Gasteiger partial charge in [-0.1, -0.05) is 6.07 Å². The lowest BCUT2D eigenvalue weighted by Gasteiger charge is -2.05. The Morgan fingerprint density at radius 2 is 2.15 bits per heavy atom. The Morgan fingerprint density at radius 3 is 3.00 bits per heavy atom. The normalized spacial score (nSPS) is 13.2. The van der Waals surface area contributed by atoms with Gasteiger partial charge in [0.25, 0.3) is 5.91 Å². The number of nitrogens with one attached hydrogen (secondary N) is 1. The van der Waals surface area contributed by atoms with Crippen LogP contribution in [0.5, 0.6) is 0 Å². The van der Waals surface area contributed by atoms with Gasteiger partial charge in [-0.15, -0.1) is 23.1 Å². The Balaban J connectivity index is 1.71. The van der Waals surface area contributed by atoms with E-state index in [2.05, 4.69) is 23.6 Å². The highest BCUT2D eigenvalue weighted by molar-refractivity contribution is 7.98. The average molecular weight is 304 g/mol. The second-order valence-corrected chi connectivity index (χ2v) is 6.79. The van der Waals surface area contributed by atoms with Gasteiger partial charge in [0.05, 0.1) is 4.88 Å². The Kier molecular flexibility index (Phi) is 4.10. The van der Waals surface area contributed by atoms with E-state index in [0.717, 1.165) is 11.3 Å². The number of nitrogens with two attached hydrogens (primary N) is 1. The fourth-order valence-corrected chi connectivity index (χ4v) is 4.38. The highest BCUT2D eigenvalue weighted by Gasteiger charge is 2.14. The van der Waals surface area contributed by atoms with Gasteiger partial charge < -0.3 is 0 Å². The molecule has 1 aliphatic rings. The molecule has 3 N–H and O–H groups in total. The van der Waals surface area contributed by atoms with Crippen molar-refractivity contribution in [2.45, 2.75) is 29.9 Å². The number of thiophene rings is 1. The van der Waals surface area contributed by atoms with Crippen molar-refractivity contribution in [3.63, 3.8) is 0 Å². The fraction of sp³-hybridized carbons (Fsp3) is 0.267. The van der Waals surface area contributed by atoms with E-state index in [1.165, 1.54) is 46.6 Å². The molecule has 1 heterocycles. The first-order chi connectivity index (χ1) is 9.78. The maximum absolute atomic E-state index is 11.6. The lowest BCUT2D eigenvalue weighted by atomic mass is 10.1. The molecule has 3 nitrogen and oxygen atoms in total. The quantitative estimate of drug-likeness (QED) is 0.395. The first-order valence-electron chi connectivity index (χ1n) is 6.60. The van der Waals surface area contributed by atoms with Gasteiger partial charge in [0.1, 0.15) is 0 Å². The molecule has 0 saturated heterocycles. The Bertz CT molecular complexity index is 637. The van der Waals surface area contributed by atoms with Crippen LogP contribution in [-0.4, -0.2) is 5.91 Å². The first-order valence-corrected chi connectivity index (χ1v) is 8.46. The third-order valence-corrected chi connectivity index (χ3v) is 5.55. The van der Waals surface area contributed by atoms with Gasteiger partial charge in [0.2, 0.25) is 0 Å². The number of carbonyl (C=O) groups is 1. The van der Waals surface area contributed by atoms with Crippen molar-refractivity contribution in [2.75, 3.05) is 0 Å². The number of nitrogen functional groups attached to an aromatic ring is 1. The van der Waals surface area contributed by atoms with E-state index in [1.807, 2.05) is 11.4 Å². The molecule has 0 radical (unpaired) electrons. The molecular weight excluding hydrogens is 288 g/mol. The second-order valence-electron chi connectivity index (χ2n) is 4.82. The van der Waals surface area contributed by atoms with E-state index >= 15 is 0 Å². The molecule has 3 rings (SSSR count). The van der Waals surface area contributed by atoms with Crippen LogP contribution in [-0.2, 0) is 18.6 Å². The lowest BCUT2D eigenvalue weighted by Crippen LogP contribution is -2.29. The zero-order chi connectivity index (χ0) is 13.9. The average Bonchev–Trinajstić information content (AvgIpc) is 3.12. The fourth-order valence-electron chi connectivity index (χ4n) is 2.51. The molecule has 0 saturated carbocycles.